The Kier molecular flexibility index (Phi) is 6.28. The summed E-state index contributed by atoms with van der Waals surface area (Å²) in [5.74, 6) is -0.700. The van der Waals surface area contributed by atoms with E-state index in [0.717, 1.165) is 0 Å². The molecule has 0 aromatic carbocycles. The van der Waals surface area contributed by atoms with Crippen LogP contribution >= 0.6 is 0 Å². The first-order valence-electron chi connectivity index (χ1n) is 10.1. The van der Waals surface area contributed by atoms with Gasteiger partial charge in [-0.25, -0.2) is 4.98 Å². The molecule has 2 amide bonds. The van der Waals surface area contributed by atoms with Gasteiger partial charge in [-0.2, -0.15) is 13.2 Å². The molecule has 2 aromatic heterocycles. The smallest absolute Gasteiger partial charge is 0.381 e. The summed E-state index contributed by atoms with van der Waals surface area (Å²) in [6.45, 7) is 6.37. The van der Waals surface area contributed by atoms with Crippen molar-refractivity contribution < 1.29 is 27.9 Å². The lowest BCUT2D eigenvalue weighted by Gasteiger charge is -2.25. The predicted octanol–water partition coefficient (Wildman–Crippen LogP) is 3.71. The minimum atomic E-state index is -4.25. The van der Waals surface area contributed by atoms with E-state index in [2.05, 4.69) is 15.3 Å². The fraction of sp³-hybridized carbons (Fsp3) is 0.455. The molecule has 1 atom stereocenters. The van der Waals surface area contributed by atoms with Crippen molar-refractivity contribution in [3.63, 3.8) is 0 Å². The fourth-order valence-electron chi connectivity index (χ4n) is 3.49. The number of alkyl halides is 3. The van der Waals surface area contributed by atoms with Gasteiger partial charge in [0, 0.05) is 35.6 Å². The molecule has 0 spiro atoms. The summed E-state index contributed by atoms with van der Waals surface area (Å²) in [4.78, 5) is 35.1. The number of fused-ring (bicyclic) bond motifs is 1. The zero-order chi connectivity index (χ0) is 23.8. The summed E-state index contributed by atoms with van der Waals surface area (Å²) in [7, 11) is 0. The molecular weight excluding hydrogens is 425 g/mol. The molecule has 0 fully saturated rings. The van der Waals surface area contributed by atoms with E-state index in [-0.39, 0.29) is 24.7 Å². The van der Waals surface area contributed by atoms with Crippen molar-refractivity contribution in [2.24, 2.45) is 0 Å². The van der Waals surface area contributed by atoms with E-state index >= 15 is 0 Å². The lowest BCUT2D eigenvalue weighted by atomic mass is 10.0. The molecule has 2 aromatic rings. The first-order chi connectivity index (χ1) is 14.8. The lowest BCUT2D eigenvalue weighted by molar-refractivity contribution is -0.134. The number of nitrogens with zero attached hydrogens (tertiary/aromatic N) is 3. The van der Waals surface area contributed by atoms with Crippen LogP contribution in [0.5, 0.6) is 0 Å². The van der Waals surface area contributed by atoms with Crippen molar-refractivity contribution in [1.82, 2.24) is 14.9 Å². The standard InChI is InChI=1S/C22H25F3N4O3/c1-12-9-14(10-27-17(12)5-7-22(23,24)25)13(2)29-11-16-15(19(29)30)6-8-26-18(16)28-20(31)21(3,4)32/h6,8-10,13,32H,5,7,11H2,1-4H3,(H,26,28,31). The van der Waals surface area contributed by atoms with Crippen LogP contribution in [0.1, 0.15) is 66.0 Å². The highest BCUT2D eigenvalue weighted by Crippen LogP contribution is 2.34. The van der Waals surface area contributed by atoms with Gasteiger partial charge in [0.2, 0.25) is 0 Å². The number of carbonyl (C=O) groups excluding carboxylic acids is 2. The topological polar surface area (TPSA) is 95.4 Å². The minimum absolute atomic E-state index is 0.180. The number of nitrogens with one attached hydrogen (secondary N) is 1. The van der Waals surface area contributed by atoms with E-state index < -0.39 is 30.1 Å². The number of amides is 2. The van der Waals surface area contributed by atoms with E-state index in [1.54, 1.807) is 30.9 Å². The van der Waals surface area contributed by atoms with Crippen molar-refractivity contribution in [3.8, 4) is 0 Å². The molecule has 32 heavy (non-hydrogen) atoms. The molecule has 0 saturated heterocycles. The maximum absolute atomic E-state index is 13.0. The molecular formula is C22H25F3N4O3. The van der Waals surface area contributed by atoms with Crippen LogP contribution in [0.2, 0.25) is 0 Å². The van der Waals surface area contributed by atoms with Crippen molar-refractivity contribution in [2.45, 2.75) is 64.9 Å². The van der Waals surface area contributed by atoms with E-state index in [0.29, 0.717) is 27.9 Å². The van der Waals surface area contributed by atoms with E-state index in [4.69, 9.17) is 0 Å². The third-order valence-electron chi connectivity index (χ3n) is 5.47. The summed E-state index contributed by atoms with van der Waals surface area (Å²) in [5.41, 5.74) is 1.00. The molecule has 172 valence electrons. The lowest BCUT2D eigenvalue weighted by Crippen LogP contribution is -2.37. The van der Waals surface area contributed by atoms with Crippen LogP contribution in [0.25, 0.3) is 0 Å². The molecule has 1 unspecified atom stereocenters. The Balaban J connectivity index is 1.80. The summed E-state index contributed by atoms with van der Waals surface area (Å²) < 4.78 is 37.6. The average molecular weight is 450 g/mol. The number of carbonyl (C=O) groups is 2. The van der Waals surface area contributed by atoms with Gasteiger partial charge in [-0.1, -0.05) is 6.07 Å². The molecule has 3 rings (SSSR count). The van der Waals surface area contributed by atoms with Crippen molar-refractivity contribution in [3.05, 3.63) is 52.5 Å². The van der Waals surface area contributed by atoms with Gasteiger partial charge in [0.05, 0.1) is 12.6 Å². The van der Waals surface area contributed by atoms with Gasteiger partial charge in [0.1, 0.15) is 11.4 Å². The SMILES string of the molecule is Cc1cc(C(C)N2Cc3c(ccnc3NC(=O)C(C)(C)O)C2=O)cnc1CCC(F)(F)F. The highest BCUT2D eigenvalue weighted by Gasteiger charge is 2.35. The predicted molar refractivity (Wildman–Crippen MR) is 111 cm³/mol. The van der Waals surface area contributed by atoms with Crippen LogP contribution in [-0.4, -0.2) is 43.6 Å². The van der Waals surface area contributed by atoms with Gasteiger partial charge in [-0.05, 0) is 51.3 Å². The first-order valence-corrected chi connectivity index (χ1v) is 10.1. The fourth-order valence-corrected chi connectivity index (χ4v) is 3.49. The molecule has 7 nitrogen and oxygen atoms in total. The van der Waals surface area contributed by atoms with Gasteiger partial charge < -0.3 is 15.3 Å². The summed E-state index contributed by atoms with van der Waals surface area (Å²) >= 11 is 0. The van der Waals surface area contributed by atoms with E-state index in [1.807, 2.05) is 0 Å². The maximum atomic E-state index is 13.0. The number of aliphatic hydroxyl groups is 1. The van der Waals surface area contributed by atoms with Crippen LogP contribution < -0.4 is 5.32 Å². The maximum Gasteiger partial charge on any atom is 0.389 e. The third kappa shape index (κ3) is 5.07. The number of hydrogen-bond acceptors (Lipinski definition) is 5. The van der Waals surface area contributed by atoms with Crippen LogP contribution in [0, 0.1) is 6.92 Å². The zero-order valence-electron chi connectivity index (χ0n) is 18.2. The Hall–Kier alpha value is -3.01. The number of pyridine rings is 2. The number of aromatic nitrogens is 2. The Morgan fingerprint density at radius 3 is 2.59 bits per heavy atom. The Morgan fingerprint density at radius 1 is 1.31 bits per heavy atom. The monoisotopic (exact) mass is 450 g/mol. The Labute approximate surface area is 183 Å². The number of hydrogen-bond donors (Lipinski definition) is 2. The van der Waals surface area contributed by atoms with Crippen molar-refractivity contribution in [1.29, 1.82) is 0 Å². The second-order valence-corrected chi connectivity index (χ2v) is 8.46. The van der Waals surface area contributed by atoms with Crippen LogP contribution in [0.15, 0.2) is 24.5 Å². The Bertz CT molecular complexity index is 1050. The van der Waals surface area contributed by atoms with Gasteiger partial charge in [0.15, 0.2) is 0 Å². The highest BCUT2D eigenvalue weighted by molar-refractivity contribution is 6.02. The zero-order valence-corrected chi connectivity index (χ0v) is 18.2. The molecule has 10 heteroatoms. The number of halogens is 3. The van der Waals surface area contributed by atoms with Gasteiger partial charge in [0.25, 0.3) is 11.8 Å². The van der Waals surface area contributed by atoms with E-state index in [9.17, 15) is 27.9 Å². The van der Waals surface area contributed by atoms with E-state index in [1.165, 1.54) is 26.2 Å². The molecule has 0 radical (unpaired) electrons. The number of anilines is 1. The Morgan fingerprint density at radius 2 is 2.00 bits per heavy atom. The quantitative estimate of drug-likeness (QED) is 0.700. The van der Waals surface area contributed by atoms with Crippen LogP contribution in [0.3, 0.4) is 0 Å². The van der Waals surface area contributed by atoms with Crippen LogP contribution in [-0.2, 0) is 17.8 Å². The summed E-state index contributed by atoms with van der Waals surface area (Å²) in [5, 5.41) is 12.4. The van der Waals surface area contributed by atoms with Crippen molar-refractivity contribution >= 4 is 17.6 Å². The number of rotatable bonds is 6. The number of aryl methyl sites for hydroxylation is 2. The van der Waals surface area contributed by atoms with Crippen LogP contribution in [0.4, 0.5) is 19.0 Å². The first kappa shape index (κ1) is 23.6. The van der Waals surface area contributed by atoms with Crippen molar-refractivity contribution in [2.75, 3.05) is 5.32 Å². The second-order valence-electron chi connectivity index (χ2n) is 8.46. The van der Waals surface area contributed by atoms with Gasteiger partial charge >= 0.3 is 6.18 Å². The average Bonchev–Trinajstić information content (AvgIpc) is 3.03. The highest BCUT2D eigenvalue weighted by atomic mass is 19.4. The second kappa shape index (κ2) is 8.50. The minimum Gasteiger partial charge on any atom is -0.381 e. The molecule has 0 bridgehead atoms. The largest absolute Gasteiger partial charge is 0.389 e. The molecule has 1 aliphatic heterocycles. The molecule has 3 heterocycles. The molecule has 1 aliphatic rings. The summed E-state index contributed by atoms with van der Waals surface area (Å²) in [6.07, 6.45) is -2.49. The molecule has 0 saturated carbocycles. The van der Waals surface area contributed by atoms with Gasteiger partial charge in [-0.15, -0.1) is 0 Å². The summed E-state index contributed by atoms with van der Waals surface area (Å²) in [6, 6.07) is 2.90. The molecule has 0 aliphatic carbocycles. The molecule has 2 N–H and O–H groups in total. The third-order valence-corrected chi connectivity index (χ3v) is 5.47. The van der Waals surface area contributed by atoms with Gasteiger partial charge in [-0.3, -0.25) is 14.6 Å². The normalized spacial score (nSPS) is 15.0.